The fourth-order valence-electron chi connectivity index (χ4n) is 5.16. The van der Waals surface area contributed by atoms with Gasteiger partial charge in [0.25, 0.3) is 11.8 Å². The van der Waals surface area contributed by atoms with E-state index in [-0.39, 0.29) is 23.6 Å². The van der Waals surface area contributed by atoms with Crippen molar-refractivity contribution in [1.29, 1.82) is 0 Å². The number of aryl methyl sites for hydroxylation is 1. The summed E-state index contributed by atoms with van der Waals surface area (Å²) >= 11 is 0. The molecule has 2 atom stereocenters. The van der Waals surface area contributed by atoms with Crippen LogP contribution in [0.5, 0.6) is 0 Å². The molecule has 1 aliphatic carbocycles. The lowest BCUT2D eigenvalue weighted by molar-refractivity contribution is 0.0733. The van der Waals surface area contributed by atoms with E-state index in [4.69, 9.17) is 11.5 Å². The van der Waals surface area contributed by atoms with E-state index in [0.29, 0.717) is 24.9 Å². The van der Waals surface area contributed by atoms with E-state index >= 15 is 0 Å². The van der Waals surface area contributed by atoms with Gasteiger partial charge in [-0.15, -0.1) is 0 Å². The molecule has 2 aromatic carbocycles. The Balaban J connectivity index is 1.36. The lowest BCUT2D eigenvalue weighted by Crippen LogP contribution is -2.43. The molecule has 0 saturated heterocycles. The molecule has 0 radical (unpaired) electrons. The number of fused-ring (bicyclic) bond motifs is 1. The van der Waals surface area contributed by atoms with Gasteiger partial charge in [0, 0.05) is 42.6 Å². The Hall–Kier alpha value is -3.98. The van der Waals surface area contributed by atoms with Crippen LogP contribution in [0, 0.1) is 6.92 Å². The zero-order valence-corrected chi connectivity index (χ0v) is 21.0. The molecular weight excluding hydrogens is 466 g/mol. The third-order valence-corrected chi connectivity index (χ3v) is 7.33. The molecule has 2 unspecified atom stereocenters. The summed E-state index contributed by atoms with van der Waals surface area (Å²) in [7, 11) is 0. The maximum absolute atomic E-state index is 13.2. The number of rotatable bonds is 6. The van der Waals surface area contributed by atoms with Gasteiger partial charge in [0.05, 0.1) is 0 Å². The van der Waals surface area contributed by atoms with Crippen LogP contribution in [0.4, 0.5) is 17.5 Å². The van der Waals surface area contributed by atoms with Gasteiger partial charge in [0.2, 0.25) is 5.95 Å². The fourth-order valence-corrected chi connectivity index (χ4v) is 5.16. The van der Waals surface area contributed by atoms with Crippen molar-refractivity contribution in [1.82, 2.24) is 14.9 Å². The van der Waals surface area contributed by atoms with E-state index in [0.717, 1.165) is 54.5 Å². The highest BCUT2D eigenvalue weighted by molar-refractivity contribution is 5.98. The quantitative estimate of drug-likeness (QED) is 0.407. The van der Waals surface area contributed by atoms with Crippen LogP contribution < -0.4 is 22.1 Å². The number of nitrogens with two attached hydrogens (primary N) is 2. The lowest BCUT2D eigenvalue weighted by Gasteiger charge is -2.30. The van der Waals surface area contributed by atoms with Crippen molar-refractivity contribution < 1.29 is 9.59 Å². The van der Waals surface area contributed by atoms with Gasteiger partial charge >= 0.3 is 0 Å². The minimum absolute atomic E-state index is 0.0329. The number of nitrogens with one attached hydrogen (secondary N) is 2. The number of amides is 2. The van der Waals surface area contributed by atoms with Crippen molar-refractivity contribution in [2.75, 3.05) is 17.2 Å². The van der Waals surface area contributed by atoms with E-state index < -0.39 is 5.91 Å². The topological polar surface area (TPSA) is 139 Å². The third kappa shape index (κ3) is 5.41. The number of benzene rings is 2. The second-order valence-corrected chi connectivity index (χ2v) is 9.92. The average Bonchev–Trinajstić information content (AvgIpc) is 2.89. The molecule has 9 heteroatoms. The van der Waals surface area contributed by atoms with Crippen LogP contribution in [0.1, 0.15) is 63.1 Å². The molecule has 0 spiro atoms. The average molecular weight is 500 g/mol. The molecule has 9 nitrogen and oxygen atoms in total. The van der Waals surface area contributed by atoms with Gasteiger partial charge in [-0.25, -0.2) is 4.98 Å². The van der Waals surface area contributed by atoms with Gasteiger partial charge < -0.3 is 27.0 Å². The monoisotopic (exact) mass is 499 g/mol. The standard InChI is InChI=1S/C28H33N7O2/c1-17-6-2-3-7-21(17)27(37)35-13-12-18-10-11-20(14-19(18)16-35)32-26-22(25(30)36)15-31-28(34-26)33-24-9-5-4-8-23(24)29/h2-3,6-7,10-11,14-15,23-24H,4-5,8-9,12-13,16,29H2,1H3,(H2,30,36)(H2,31,32,33,34). The summed E-state index contributed by atoms with van der Waals surface area (Å²) in [4.78, 5) is 36.0. The number of hydrogen-bond donors (Lipinski definition) is 4. The van der Waals surface area contributed by atoms with Crippen molar-refractivity contribution >= 4 is 29.3 Å². The highest BCUT2D eigenvalue weighted by Gasteiger charge is 2.25. The predicted octanol–water partition coefficient (Wildman–Crippen LogP) is 3.51. The van der Waals surface area contributed by atoms with E-state index in [1.165, 1.54) is 11.8 Å². The first kappa shape index (κ1) is 24.7. The Labute approximate surface area is 216 Å². The summed E-state index contributed by atoms with van der Waals surface area (Å²) in [5.41, 5.74) is 16.8. The van der Waals surface area contributed by atoms with Crippen LogP contribution in [0.3, 0.4) is 0 Å². The van der Waals surface area contributed by atoms with E-state index in [9.17, 15) is 9.59 Å². The zero-order valence-electron chi connectivity index (χ0n) is 21.0. The van der Waals surface area contributed by atoms with Crippen molar-refractivity contribution in [2.24, 2.45) is 11.5 Å². The molecule has 0 bridgehead atoms. The minimum atomic E-state index is -0.614. The Morgan fingerprint density at radius 2 is 1.86 bits per heavy atom. The van der Waals surface area contributed by atoms with Gasteiger partial charge in [-0.1, -0.05) is 37.1 Å². The first-order valence-electron chi connectivity index (χ1n) is 12.8. The highest BCUT2D eigenvalue weighted by atomic mass is 16.2. The molecule has 1 aliphatic heterocycles. The largest absolute Gasteiger partial charge is 0.365 e. The second-order valence-electron chi connectivity index (χ2n) is 9.92. The van der Waals surface area contributed by atoms with Crippen molar-refractivity contribution in [3.05, 3.63) is 76.5 Å². The molecule has 5 rings (SSSR count). The van der Waals surface area contributed by atoms with Crippen LogP contribution >= 0.6 is 0 Å². The summed E-state index contributed by atoms with van der Waals surface area (Å²) < 4.78 is 0. The molecule has 1 fully saturated rings. The molecule has 6 N–H and O–H groups in total. The zero-order chi connectivity index (χ0) is 25.9. The normalized spacial score (nSPS) is 19.1. The van der Waals surface area contributed by atoms with Crippen molar-refractivity contribution in [3.63, 3.8) is 0 Å². The Bertz CT molecular complexity index is 1330. The van der Waals surface area contributed by atoms with Crippen LogP contribution in [-0.4, -0.2) is 45.3 Å². The molecule has 3 aromatic rings. The van der Waals surface area contributed by atoms with E-state index in [1.807, 2.05) is 48.2 Å². The molecule has 2 aliphatic rings. The summed E-state index contributed by atoms with van der Waals surface area (Å²) in [5.74, 6) is 0.155. The van der Waals surface area contributed by atoms with Crippen LogP contribution in [-0.2, 0) is 13.0 Å². The maximum atomic E-state index is 13.2. The summed E-state index contributed by atoms with van der Waals surface area (Å²) in [6.07, 6.45) is 6.36. The summed E-state index contributed by atoms with van der Waals surface area (Å²) in [6.45, 7) is 3.14. The number of hydrogen-bond acceptors (Lipinski definition) is 7. The Kier molecular flexibility index (Phi) is 7.05. The van der Waals surface area contributed by atoms with Gasteiger partial charge in [-0.3, -0.25) is 9.59 Å². The van der Waals surface area contributed by atoms with Gasteiger partial charge in [-0.05, 0) is 61.1 Å². The molecule has 2 heterocycles. The molecule has 1 aromatic heterocycles. The number of carbonyl (C=O) groups excluding carboxylic acids is 2. The molecular formula is C28H33N7O2. The lowest BCUT2D eigenvalue weighted by atomic mass is 9.91. The second kappa shape index (κ2) is 10.6. The minimum Gasteiger partial charge on any atom is -0.365 e. The van der Waals surface area contributed by atoms with Gasteiger partial charge in [-0.2, -0.15) is 4.98 Å². The van der Waals surface area contributed by atoms with Crippen molar-refractivity contribution in [2.45, 2.75) is 57.7 Å². The maximum Gasteiger partial charge on any atom is 0.254 e. The number of nitrogens with zero attached hydrogens (tertiary/aromatic N) is 3. The molecule has 1 saturated carbocycles. The first-order chi connectivity index (χ1) is 17.9. The predicted molar refractivity (Wildman–Crippen MR) is 144 cm³/mol. The summed E-state index contributed by atoms with van der Waals surface area (Å²) in [6, 6.07) is 13.8. The number of primary amides is 1. The third-order valence-electron chi connectivity index (χ3n) is 7.33. The highest BCUT2D eigenvalue weighted by Crippen LogP contribution is 2.27. The van der Waals surface area contributed by atoms with Crippen molar-refractivity contribution in [3.8, 4) is 0 Å². The Morgan fingerprint density at radius 1 is 1.05 bits per heavy atom. The van der Waals surface area contributed by atoms with Gasteiger partial charge in [0.1, 0.15) is 11.4 Å². The smallest absolute Gasteiger partial charge is 0.254 e. The van der Waals surface area contributed by atoms with Crippen LogP contribution in [0.2, 0.25) is 0 Å². The van der Waals surface area contributed by atoms with Crippen LogP contribution in [0.25, 0.3) is 0 Å². The number of aromatic nitrogens is 2. The molecule has 37 heavy (non-hydrogen) atoms. The Morgan fingerprint density at radius 3 is 2.65 bits per heavy atom. The van der Waals surface area contributed by atoms with Crippen LogP contribution in [0.15, 0.2) is 48.7 Å². The van der Waals surface area contributed by atoms with E-state index in [2.05, 4.69) is 26.7 Å². The number of anilines is 3. The summed E-state index contributed by atoms with van der Waals surface area (Å²) in [5, 5.41) is 6.58. The SMILES string of the molecule is Cc1ccccc1C(=O)N1CCc2ccc(Nc3nc(NC4CCCCC4N)ncc3C(N)=O)cc2C1. The number of carbonyl (C=O) groups is 2. The van der Waals surface area contributed by atoms with Gasteiger partial charge in [0.15, 0.2) is 0 Å². The molecule has 192 valence electrons. The first-order valence-corrected chi connectivity index (χ1v) is 12.8. The molecule has 2 amide bonds. The fraction of sp³-hybridized carbons (Fsp3) is 0.357. The van der Waals surface area contributed by atoms with E-state index in [1.54, 1.807) is 0 Å².